The quantitative estimate of drug-likeness (QED) is 0.483. The van der Waals surface area contributed by atoms with E-state index < -0.39 is 0 Å². The fourth-order valence-corrected chi connectivity index (χ4v) is 1.45. The summed E-state index contributed by atoms with van der Waals surface area (Å²) < 4.78 is 5.04. The monoisotopic (exact) mass is 206 g/mol. The molecule has 10 heavy (non-hydrogen) atoms. The van der Waals surface area contributed by atoms with Crippen LogP contribution in [0.15, 0.2) is 0 Å². The third kappa shape index (κ3) is 1.34. The average Bonchev–Trinajstić information content (AvgIpc) is 2.08. The van der Waals surface area contributed by atoms with E-state index in [1.807, 2.05) is 13.8 Å². The van der Waals surface area contributed by atoms with Crippen LogP contribution in [0.1, 0.15) is 20.3 Å². The van der Waals surface area contributed by atoms with Gasteiger partial charge in [-0.3, -0.25) is 4.79 Å². The molecule has 3 heteroatoms. The van der Waals surface area contributed by atoms with E-state index in [0.29, 0.717) is 0 Å². The van der Waals surface area contributed by atoms with Gasteiger partial charge in [-0.15, -0.1) is 0 Å². The molecule has 0 spiro atoms. The van der Waals surface area contributed by atoms with Crippen LogP contribution in [0.25, 0.3) is 0 Å². The molecule has 1 aliphatic heterocycles. The zero-order valence-electron chi connectivity index (χ0n) is 6.19. The summed E-state index contributed by atoms with van der Waals surface area (Å²) in [7, 11) is 0. The fourth-order valence-electron chi connectivity index (χ4n) is 1.09. The zero-order chi connectivity index (χ0) is 7.78. The van der Waals surface area contributed by atoms with Gasteiger partial charge in [0.15, 0.2) is 0 Å². The minimum absolute atomic E-state index is 0.0723. The first-order valence-corrected chi connectivity index (χ1v) is 4.45. The van der Waals surface area contributed by atoms with Gasteiger partial charge in [0.2, 0.25) is 0 Å². The van der Waals surface area contributed by atoms with Crippen molar-refractivity contribution < 1.29 is 9.53 Å². The second-order valence-corrected chi connectivity index (χ2v) is 3.92. The minimum Gasteiger partial charge on any atom is -0.461 e. The molecular formula is C7H11BrO2. The Hall–Kier alpha value is -0.0500. The van der Waals surface area contributed by atoms with E-state index in [9.17, 15) is 4.79 Å². The maximum Gasteiger partial charge on any atom is 0.311 e. The maximum absolute atomic E-state index is 11.0. The van der Waals surface area contributed by atoms with Crippen LogP contribution in [0.5, 0.6) is 0 Å². The molecule has 0 radical (unpaired) electrons. The van der Waals surface area contributed by atoms with Crippen LogP contribution in [0, 0.1) is 5.41 Å². The van der Waals surface area contributed by atoms with Crippen molar-refractivity contribution in [1.82, 2.24) is 0 Å². The van der Waals surface area contributed by atoms with E-state index in [0.717, 1.165) is 11.8 Å². The first kappa shape index (κ1) is 8.05. The third-order valence-corrected chi connectivity index (χ3v) is 2.46. The molecule has 0 aromatic rings. The molecule has 0 saturated carbocycles. The summed E-state index contributed by atoms with van der Waals surface area (Å²) >= 11 is 3.28. The largest absolute Gasteiger partial charge is 0.461 e. The molecule has 0 N–H and O–H groups in total. The highest BCUT2D eigenvalue weighted by Crippen LogP contribution is 2.33. The number of alkyl halides is 1. The van der Waals surface area contributed by atoms with Crippen LogP contribution in [0.4, 0.5) is 0 Å². The van der Waals surface area contributed by atoms with E-state index in [4.69, 9.17) is 4.74 Å². The molecule has 1 heterocycles. The minimum atomic E-state index is -0.265. The summed E-state index contributed by atoms with van der Waals surface area (Å²) in [4.78, 5) is 11.0. The second kappa shape index (κ2) is 2.53. The lowest BCUT2D eigenvalue weighted by Crippen LogP contribution is -2.16. The Kier molecular flexibility index (Phi) is 2.04. The van der Waals surface area contributed by atoms with Crippen molar-refractivity contribution in [2.45, 2.75) is 26.4 Å². The van der Waals surface area contributed by atoms with E-state index in [1.54, 1.807) is 0 Å². The van der Waals surface area contributed by atoms with Crippen molar-refractivity contribution >= 4 is 21.9 Å². The van der Waals surface area contributed by atoms with Crippen molar-refractivity contribution in [3.63, 3.8) is 0 Å². The van der Waals surface area contributed by atoms with Crippen LogP contribution >= 0.6 is 15.9 Å². The standard InChI is InChI=1S/C7H11BrO2/c1-7(2)3-5(4-8)10-6(7)9/h5H,3-4H2,1-2H3. The normalized spacial score (nSPS) is 30.3. The summed E-state index contributed by atoms with van der Waals surface area (Å²) in [5, 5.41) is 0.752. The maximum atomic E-state index is 11.0. The van der Waals surface area contributed by atoms with E-state index >= 15 is 0 Å². The predicted octanol–water partition coefficient (Wildman–Crippen LogP) is 1.72. The summed E-state index contributed by atoms with van der Waals surface area (Å²) in [5.74, 6) is -0.0723. The van der Waals surface area contributed by atoms with Crippen LogP contribution < -0.4 is 0 Å². The van der Waals surface area contributed by atoms with Crippen LogP contribution in [0.3, 0.4) is 0 Å². The molecule has 0 aromatic heterocycles. The van der Waals surface area contributed by atoms with E-state index in [1.165, 1.54) is 0 Å². The number of cyclic esters (lactones) is 1. The van der Waals surface area contributed by atoms with Gasteiger partial charge in [-0.25, -0.2) is 0 Å². The molecule has 1 saturated heterocycles. The summed E-state index contributed by atoms with van der Waals surface area (Å²) in [6, 6.07) is 0. The number of hydrogen-bond donors (Lipinski definition) is 0. The summed E-state index contributed by atoms with van der Waals surface area (Å²) in [5.41, 5.74) is -0.265. The molecule has 1 fully saturated rings. The Balaban J connectivity index is 2.62. The van der Waals surface area contributed by atoms with Gasteiger partial charge in [0.05, 0.1) is 5.41 Å². The van der Waals surface area contributed by atoms with Crippen molar-refractivity contribution in [2.75, 3.05) is 5.33 Å². The molecule has 0 aromatic carbocycles. The summed E-state index contributed by atoms with van der Waals surface area (Å²) in [6.45, 7) is 3.83. The molecule has 1 rings (SSSR count). The predicted molar refractivity (Wildman–Crippen MR) is 42.1 cm³/mol. The smallest absolute Gasteiger partial charge is 0.311 e. The lowest BCUT2D eigenvalue weighted by molar-refractivity contribution is -0.146. The molecule has 1 atom stereocenters. The van der Waals surface area contributed by atoms with Gasteiger partial charge in [0, 0.05) is 11.8 Å². The van der Waals surface area contributed by atoms with Crippen molar-refractivity contribution in [3.05, 3.63) is 0 Å². The SMILES string of the molecule is CC1(C)CC(CBr)OC1=O. The Morgan fingerprint density at radius 2 is 2.40 bits per heavy atom. The lowest BCUT2D eigenvalue weighted by Gasteiger charge is -2.08. The molecule has 1 unspecified atom stereocenters. The van der Waals surface area contributed by atoms with Gasteiger partial charge in [-0.2, -0.15) is 0 Å². The number of hydrogen-bond acceptors (Lipinski definition) is 2. The summed E-state index contributed by atoms with van der Waals surface area (Å²) in [6.07, 6.45) is 0.916. The van der Waals surface area contributed by atoms with Gasteiger partial charge in [-0.05, 0) is 13.8 Å². The Morgan fingerprint density at radius 1 is 1.80 bits per heavy atom. The van der Waals surface area contributed by atoms with Crippen LogP contribution in [0.2, 0.25) is 0 Å². The van der Waals surface area contributed by atoms with Gasteiger partial charge in [0.1, 0.15) is 6.10 Å². The Bertz CT molecular complexity index is 154. The Morgan fingerprint density at radius 3 is 2.60 bits per heavy atom. The lowest BCUT2D eigenvalue weighted by atomic mass is 9.90. The fraction of sp³-hybridized carbons (Fsp3) is 0.857. The highest BCUT2D eigenvalue weighted by atomic mass is 79.9. The van der Waals surface area contributed by atoms with Crippen LogP contribution in [-0.2, 0) is 9.53 Å². The molecular weight excluding hydrogens is 196 g/mol. The van der Waals surface area contributed by atoms with Gasteiger partial charge in [-0.1, -0.05) is 15.9 Å². The number of halogens is 1. The number of esters is 1. The molecule has 58 valence electrons. The van der Waals surface area contributed by atoms with Gasteiger partial charge in [0.25, 0.3) is 0 Å². The van der Waals surface area contributed by atoms with Crippen LogP contribution in [-0.4, -0.2) is 17.4 Å². The first-order valence-electron chi connectivity index (χ1n) is 3.33. The van der Waals surface area contributed by atoms with Gasteiger partial charge < -0.3 is 4.74 Å². The second-order valence-electron chi connectivity index (χ2n) is 3.27. The number of ether oxygens (including phenoxy) is 1. The third-order valence-electron chi connectivity index (χ3n) is 1.74. The zero-order valence-corrected chi connectivity index (χ0v) is 7.77. The molecule has 0 bridgehead atoms. The van der Waals surface area contributed by atoms with Crippen molar-refractivity contribution in [1.29, 1.82) is 0 Å². The molecule has 1 aliphatic rings. The first-order chi connectivity index (χ1) is 4.56. The van der Waals surface area contributed by atoms with Crippen molar-refractivity contribution in [3.8, 4) is 0 Å². The molecule has 2 nitrogen and oxygen atoms in total. The number of rotatable bonds is 1. The highest BCUT2D eigenvalue weighted by Gasteiger charge is 2.40. The molecule has 0 amide bonds. The van der Waals surface area contributed by atoms with Gasteiger partial charge >= 0.3 is 5.97 Å². The number of carbonyl (C=O) groups is 1. The highest BCUT2D eigenvalue weighted by molar-refractivity contribution is 9.09. The topological polar surface area (TPSA) is 26.3 Å². The average molecular weight is 207 g/mol. The van der Waals surface area contributed by atoms with E-state index in [2.05, 4.69) is 15.9 Å². The number of carbonyl (C=O) groups excluding carboxylic acids is 1. The Labute approximate surface area is 69.1 Å². The van der Waals surface area contributed by atoms with E-state index in [-0.39, 0.29) is 17.5 Å². The van der Waals surface area contributed by atoms with Crippen molar-refractivity contribution in [2.24, 2.45) is 5.41 Å². The molecule has 0 aliphatic carbocycles.